The molecule has 15 heavy (non-hydrogen) atoms. The van der Waals surface area contributed by atoms with Crippen LogP contribution >= 0.6 is 0 Å². The number of hydrogen-bond acceptors (Lipinski definition) is 4. The van der Waals surface area contributed by atoms with Gasteiger partial charge in [0.1, 0.15) is 6.10 Å². The molecule has 4 heteroatoms. The van der Waals surface area contributed by atoms with Crippen LogP contribution in [0, 0.1) is 0 Å². The number of rotatable bonds is 4. The fourth-order valence-corrected chi connectivity index (χ4v) is 1.33. The van der Waals surface area contributed by atoms with Gasteiger partial charge >= 0.3 is 5.97 Å². The molecule has 82 valence electrons. The molecule has 0 aromatic carbocycles. The maximum Gasteiger partial charge on any atom is 0.338 e. The van der Waals surface area contributed by atoms with E-state index in [1.807, 2.05) is 0 Å². The van der Waals surface area contributed by atoms with Crippen LogP contribution in [0.15, 0.2) is 23.5 Å². The van der Waals surface area contributed by atoms with E-state index in [-0.39, 0.29) is 18.5 Å². The van der Waals surface area contributed by atoms with Crippen molar-refractivity contribution in [3.8, 4) is 0 Å². The smallest absolute Gasteiger partial charge is 0.338 e. The topological polar surface area (TPSA) is 52.6 Å². The average molecular weight is 210 g/mol. The van der Waals surface area contributed by atoms with Crippen molar-refractivity contribution < 1.29 is 19.1 Å². The predicted octanol–water partition coefficient (Wildman–Crippen LogP) is 1.37. The molecule has 0 saturated carbocycles. The fourth-order valence-electron chi connectivity index (χ4n) is 1.33. The van der Waals surface area contributed by atoms with Crippen LogP contribution in [0.5, 0.6) is 0 Å². The summed E-state index contributed by atoms with van der Waals surface area (Å²) in [6.07, 6.45) is 0.613. The quantitative estimate of drug-likeness (QED) is 0.399. The van der Waals surface area contributed by atoms with E-state index in [1.165, 1.54) is 0 Å². The SMILES string of the molecule is C=C(C)C1CC(C(=O)OCC)=C(C=O)O1. The Morgan fingerprint density at radius 2 is 2.40 bits per heavy atom. The highest BCUT2D eigenvalue weighted by atomic mass is 16.5. The largest absolute Gasteiger partial charge is 0.482 e. The molecular formula is C11H14O4. The van der Waals surface area contributed by atoms with Crippen molar-refractivity contribution >= 4 is 12.3 Å². The number of carbonyl (C=O) groups excluding carboxylic acids is 2. The molecule has 0 aromatic heterocycles. The first kappa shape index (κ1) is 11.5. The van der Waals surface area contributed by atoms with Gasteiger partial charge in [-0.15, -0.1) is 0 Å². The Bertz CT molecular complexity index is 327. The summed E-state index contributed by atoms with van der Waals surface area (Å²) in [4.78, 5) is 22.1. The molecule has 1 aliphatic heterocycles. The Balaban J connectivity index is 2.80. The third kappa shape index (κ3) is 2.46. The van der Waals surface area contributed by atoms with Gasteiger partial charge in [-0.1, -0.05) is 6.58 Å². The summed E-state index contributed by atoms with van der Waals surface area (Å²) in [5.74, 6) is -0.412. The molecule has 0 aromatic rings. The molecule has 0 amide bonds. The lowest BCUT2D eigenvalue weighted by Crippen LogP contribution is -2.10. The third-order valence-electron chi connectivity index (χ3n) is 2.13. The molecule has 4 nitrogen and oxygen atoms in total. The zero-order chi connectivity index (χ0) is 11.4. The minimum atomic E-state index is -0.483. The summed E-state index contributed by atoms with van der Waals surface area (Å²) >= 11 is 0. The van der Waals surface area contributed by atoms with E-state index in [1.54, 1.807) is 13.8 Å². The van der Waals surface area contributed by atoms with Crippen LogP contribution in [0.3, 0.4) is 0 Å². The molecule has 0 fully saturated rings. The third-order valence-corrected chi connectivity index (χ3v) is 2.13. The molecule has 1 heterocycles. The fraction of sp³-hybridized carbons (Fsp3) is 0.455. The van der Waals surface area contributed by atoms with Crippen molar-refractivity contribution in [1.82, 2.24) is 0 Å². The normalized spacial score (nSPS) is 19.7. The summed E-state index contributed by atoms with van der Waals surface area (Å²) in [5, 5.41) is 0. The Morgan fingerprint density at radius 3 is 2.87 bits per heavy atom. The second kappa shape index (κ2) is 4.77. The molecule has 0 N–H and O–H groups in total. The van der Waals surface area contributed by atoms with Crippen molar-refractivity contribution in [1.29, 1.82) is 0 Å². The van der Waals surface area contributed by atoms with Crippen molar-refractivity contribution in [2.24, 2.45) is 0 Å². The highest BCUT2D eigenvalue weighted by Crippen LogP contribution is 2.28. The Morgan fingerprint density at radius 1 is 1.73 bits per heavy atom. The maximum absolute atomic E-state index is 11.4. The van der Waals surface area contributed by atoms with Gasteiger partial charge in [-0.2, -0.15) is 0 Å². The molecule has 1 unspecified atom stereocenters. The molecule has 0 radical (unpaired) electrons. The summed E-state index contributed by atoms with van der Waals surface area (Å²) in [5.41, 5.74) is 1.09. The van der Waals surface area contributed by atoms with Crippen molar-refractivity contribution in [2.75, 3.05) is 6.61 Å². The second-order valence-corrected chi connectivity index (χ2v) is 3.34. The number of esters is 1. The minimum absolute atomic E-state index is 0.0708. The van der Waals surface area contributed by atoms with Crippen LogP contribution in [-0.4, -0.2) is 25.0 Å². The number of allylic oxidation sites excluding steroid dienone is 1. The highest BCUT2D eigenvalue weighted by molar-refractivity contribution is 5.95. The van der Waals surface area contributed by atoms with Gasteiger partial charge in [0.25, 0.3) is 0 Å². The summed E-state index contributed by atoms with van der Waals surface area (Å²) in [6.45, 7) is 7.52. The Hall–Kier alpha value is -1.58. The molecule has 0 aliphatic carbocycles. The first-order valence-corrected chi connectivity index (χ1v) is 4.77. The zero-order valence-corrected chi connectivity index (χ0v) is 8.91. The molecule has 0 bridgehead atoms. The number of hydrogen-bond donors (Lipinski definition) is 0. The lowest BCUT2D eigenvalue weighted by atomic mass is 10.1. The first-order valence-electron chi connectivity index (χ1n) is 4.77. The maximum atomic E-state index is 11.4. The monoisotopic (exact) mass is 210 g/mol. The lowest BCUT2D eigenvalue weighted by molar-refractivity contribution is -0.138. The molecule has 0 saturated heterocycles. The molecule has 1 atom stereocenters. The van der Waals surface area contributed by atoms with Gasteiger partial charge in [-0.3, -0.25) is 4.79 Å². The molecule has 1 rings (SSSR count). The van der Waals surface area contributed by atoms with E-state index in [2.05, 4.69) is 6.58 Å². The van der Waals surface area contributed by atoms with Crippen LogP contribution in [0.1, 0.15) is 20.3 Å². The zero-order valence-electron chi connectivity index (χ0n) is 8.91. The van der Waals surface area contributed by atoms with Gasteiger partial charge in [0.2, 0.25) is 0 Å². The van der Waals surface area contributed by atoms with E-state index in [9.17, 15) is 9.59 Å². The van der Waals surface area contributed by atoms with E-state index >= 15 is 0 Å². The van der Waals surface area contributed by atoms with Crippen molar-refractivity contribution in [2.45, 2.75) is 26.4 Å². The summed E-state index contributed by atoms with van der Waals surface area (Å²) in [6, 6.07) is 0. The van der Waals surface area contributed by atoms with Crippen molar-refractivity contribution in [3.63, 3.8) is 0 Å². The predicted molar refractivity (Wildman–Crippen MR) is 54.0 cm³/mol. The summed E-state index contributed by atoms with van der Waals surface area (Å²) in [7, 11) is 0. The van der Waals surface area contributed by atoms with Crippen LogP contribution in [0.25, 0.3) is 0 Å². The average Bonchev–Trinajstić information content (AvgIpc) is 2.61. The van der Waals surface area contributed by atoms with Gasteiger partial charge in [0, 0.05) is 6.42 Å². The molecular weight excluding hydrogens is 196 g/mol. The van der Waals surface area contributed by atoms with Crippen molar-refractivity contribution in [3.05, 3.63) is 23.5 Å². The van der Waals surface area contributed by atoms with Crippen LogP contribution in [0.4, 0.5) is 0 Å². The van der Waals surface area contributed by atoms with Gasteiger partial charge in [-0.25, -0.2) is 4.79 Å². The molecule has 0 spiro atoms. The minimum Gasteiger partial charge on any atom is -0.482 e. The van der Waals surface area contributed by atoms with E-state index in [0.717, 1.165) is 5.57 Å². The number of ether oxygens (including phenoxy) is 2. The van der Waals surface area contributed by atoms with Crippen LogP contribution in [0.2, 0.25) is 0 Å². The van der Waals surface area contributed by atoms with E-state index < -0.39 is 5.97 Å². The first-order chi connectivity index (χ1) is 7.10. The molecule has 1 aliphatic rings. The summed E-state index contributed by atoms with van der Waals surface area (Å²) < 4.78 is 10.1. The van der Waals surface area contributed by atoms with Gasteiger partial charge in [0.05, 0.1) is 12.2 Å². The standard InChI is InChI=1S/C11H14O4/c1-4-14-11(13)8-5-9(7(2)3)15-10(8)6-12/h6,9H,2,4-5H2,1,3H3. The van der Waals surface area contributed by atoms with E-state index in [4.69, 9.17) is 9.47 Å². The van der Waals surface area contributed by atoms with Gasteiger partial charge < -0.3 is 9.47 Å². The highest BCUT2D eigenvalue weighted by Gasteiger charge is 2.31. The number of carbonyl (C=O) groups is 2. The van der Waals surface area contributed by atoms with Gasteiger partial charge in [-0.05, 0) is 19.4 Å². The van der Waals surface area contributed by atoms with E-state index in [0.29, 0.717) is 18.3 Å². The Kier molecular flexibility index (Phi) is 3.66. The lowest BCUT2D eigenvalue weighted by Gasteiger charge is -2.09. The van der Waals surface area contributed by atoms with Crippen LogP contribution in [-0.2, 0) is 19.1 Å². The Labute approximate surface area is 88.6 Å². The second-order valence-electron chi connectivity index (χ2n) is 3.34. The van der Waals surface area contributed by atoms with Gasteiger partial charge in [0.15, 0.2) is 12.0 Å². The van der Waals surface area contributed by atoms with Crippen LogP contribution < -0.4 is 0 Å². The number of aldehydes is 1.